The number of carbonyl (C=O) groups excluding carboxylic acids is 1. The van der Waals surface area contributed by atoms with Gasteiger partial charge < -0.3 is 9.84 Å². The maximum Gasteiger partial charge on any atom is 0.305 e. The average molecular weight is 218 g/mol. The second-order valence-corrected chi connectivity index (χ2v) is 10.3. The maximum atomic E-state index is 11.0. The molecule has 0 fully saturated rings. The van der Waals surface area contributed by atoms with Crippen molar-refractivity contribution in [2.75, 3.05) is 13.2 Å². The van der Waals surface area contributed by atoms with E-state index >= 15 is 0 Å². The molecule has 0 amide bonds. The normalized spacial score (nSPS) is 11.4. The topological polar surface area (TPSA) is 46.5 Å². The van der Waals surface area contributed by atoms with E-state index in [1.54, 1.807) is 0 Å². The first kappa shape index (κ1) is 13.6. The summed E-state index contributed by atoms with van der Waals surface area (Å²) in [6.07, 6.45) is 2.52. The van der Waals surface area contributed by atoms with Gasteiger partial charge in [0.15, 0.2) is 0 Å². The van der Waals surface area contributed by atoms with E-state index in [0.717, 1.165) is 12.8 Å². The van der Waals surface area contributed by atoms with Crippen LogP contribution in [0.4, 0.5) is 0 Å². The third-order valence-electron chi connectivity index (χ3n) is 1.91. The number of hydrogen-bond acceptors (Lipinski definition) is 3. The van der Waals surface area contributed by atoms with E-state index in [2.05, 4.69) is 19.6 Å². The first-order chi connectivity index (χ1) is 6.45. The van der Waals surface area contributed by atoms with Crippen molar-refractivity contribution in [3.05, 3.63) is 0 Å². The van der Waals surface area contributed by atoms with Crippen molar-refractivity contribution in [3.8, 4) is 0 Å². The zero-order valence-corrected chi connectivity index (χ0v) is 10.5. The minimum absolute atomic E-state index is 0.0827. The van der Waals surface area contributed by atoms with Gasteiger partial charge in [0.25, 0.3) is 0 Å². The molecule has 0 saturated heterocycles. The fraction of sp³-hybridized carbons (Fsp3) is 0.900. The summed E-state index contributed by atoms with van der Waals surface area (Å²) in [5.41, 5.74) is 0. The Kier molecular flexibility index (Phi) is 6.83. The Bertz CT molecular complexity index is 163. The Morgan fingerprint density at radius 3 is 2.43 bits per heavy atom. The van der Waals surface area contributed by atoms with E-state index in [0.29, 0.717) is 6.42 Å². The van der Waals surface area contributed by atoms with Crippen LogP contribution in [0, 0.1) is 0 Å². The maximum absolute atomic E-state index is 11.0. The summed E-state index contributed by atoms with van der Waals surface area (Å²) in [4.78, 5) is 11.0. The highest BCUT2D eigenvalue weighted by Gasteiger charge is 2.12. The molecule has 0 radical (unpaired) electrons. The van der Waals surface area contributed by atoms with E-state index in [-0.39, 0.29) is 19.2 Å². The lowest BCUT2D eigenvalue weighted by Gasteiger charge is -2.14. The Labute approximate surface area is 87.5 Å². The van der Waals surface area contributed by atoms with Gasteiger partial charge in [-0.1, -0.05) is 32.1 Å². The quantitative estimate of drug-likeness (QED) is 0.404. The molecule has 14 heavy (non-hydrogen) atoms. The SMILES string of the molecule is C[Si](C)(C)CCCCC(=O)OCCO. The molecule has 0 heterocycles. The molecule has 0 atom stereocenters. The Morgan fingerprint density at radius 1 is 1.29 bits per heavy atom. The van der Waals surface area contributed by atoms with Crippen molar-refractivity contribution in [2.45, 2.75) is 44.9 Å². The summed E-state index contributed by atoms with van der Waals surface area (Å²) in [6.45, 7) is 7.04. The second-order valence-electron chi connectivity index (χ2n) is 4.71. The summed E-state index contributed by atoms with van der Waals surface area (Å²) in [7, 11) is -0.947. The summed E-state index contributed by atoms with van der Waals surface area (Å²) in [5, 5.41) is 8.42. The third kappa shape index (κ3) is 9.73. The lowest BCUT2D eigenvalue weighted by Crippen LogP contribution is -2.18. The zero-order valence-electron chi connectivity index (χ0n) is 9.51. The van der Waals surface area contributed by atoms with Gasteiger partial charge in [-0.05, 0) is 6.42 Å². The van der Waals surface area contributed by atoms with E-state index in [9.17, 15) is 4.79 Å². The van der Waals surface area contributed by atoms with Crippen LogP contribution in [0.3, 0.4) is 0 Å². The summed E-state index contributed by atoms with van der Waals surface area (Å²) >= 11 is 0. The predicted octanol–water partition coefficient (Wildman–Crippen LogP) is 2.03. The first-order valence-corrected chi connectivity index (χ1v) is 8.93. The number of aliphatic hydroxyl groups is 1. The average Bonchev–Trinajstić information content (AvgIpc) is 2.07. The number of carbonyl (C=O) groups is 1. The highest BCUT2D eigenvalue weighted by Crippen LogP contribution is 2.13. The fourth-order valence-electron chi connectivity index (χ4n) is 1.16. The van der Waals surface area contributed by atoms with Crippen molar-refractivity contribution in [1.82, 2.24) is 0 Å². The zero-order chi connectivity index (χ0) is 11.0. The van der Waals surface area contributed by atoms with Gasteiger partial charge in [-0.25, -0.2) is 0 Å². The molecule has 0 aliphatic carbocycles. The standard InChI is InChI=1S/C10H22O3Si/c1-14(2,3)9-5-4-6-10(12)13-8-7-11/h11H,4-9H2,1-3H3. The molecule has 0 aliphatic rings. The lowest BCUT2D eigenvalue weighted by atomic mass is 10.2. The van der Waals surface area contributed by atoms with Crippen molar-refractivity contribution < 1.29 is 14.6 Å². The molecule has 0 aromatic rings. The molecule has 0 aliphatic heterocycles. The van der Waals surface area contributed by atoms with Gasteiger partial charge in [0, 0.05) is 14.5 Å². The van der Waals surface area contributed by atoms with Crippen LogP contribution in [0.2, 0.25) is 25.7 Å². The van der Waals surface area contributed by atoms with Gasteiger partial charge in [-0.2, -0.15) is 0 Å². The van der Waals surface area contributed by atoms with Gasteiger partial charge in [-0.3, -0.25) is 4.79 Å². The molecule has 4 heteroatoms. The minimum Gasteiger partial charge on any atom is -0.463 e. The van der Waals surface area contributed by atoms with Crippen LogP contribution < -0.4 is 0 Å². The number of unbranched alkanes of at least 4 members (excludes halogenated alkanes) is 1. The number of hydrogen-bond donors (Lipinski definition) is 1. The molecule has 0 aromatic carbocycles. The van der Waals surface area contributed by atoms with Crippen LogP contribution in [0.1, 0.15) is 19.3 Å². The number of ether oxygens (including phenoxy) is 1. The summed E-state index contributed by atoms with van der Waals surface area (Å²) in [5.74, 6) is -0.186. The highest BCUT2D eigenvalue weighted by atomic mass is 28.3. The number of aliphatic hydroxyl groups excluding tert-OH is 1. The van der Waals surface area contributed by atoms with Gasteiger partial charge in [0.05, 0.1) is 6.61 Å². The highest BCUT2D eigenvalue weighted by molar-refractivity contribution is 6.76. The van der Waals surface area contributed by atoms with Crippen LogP contribution in [0.25, 0.3) is 0 Å². The summed E-state index contributed by atoms with van der Waals surface area (Å²) in [6, 6.07) is 1.26. The van der Waals surface area contributed by atoms with E-state index in [4.69, 9.17) is 9.84 Å². The second kappa shape index (κ2) is 7.01. The number of rotatable bonds is 7. The molecule has 0 rings (SSSR count). The number of esters is 1. The molecule has 0 aromatic heterocycles. The lowest BCUT2D eigenvalue weighted by molar-refractivity contribution is -0.144. The van der Waals surface area contributed by atoms with Crippen LogP contribution in [0.15, 0.2) is 0 Å². The molecule has 0 unspecified atom stereocenters. The van der Waals surface area contributed by atoms with Crippen molar-refractivity contribution in [3.63, 3.8) is 0 Å². The van der Waals surface area contributed by atoms with E-state index in [1.807, 2.05) is 0 Å². The Morgan fingerprint density at radius 2 is 1.93 bits per heavy atom. The van der Waals surface area contributed by atoms with Gasteiger partial charge in [0.2, 0.25) is 0 Å². The largest absolute Gasteiger partial charge is 0.463 e. The van der Waals surface area contributed by atoms with Gasteiger partial charge >= 0.3 is 5.97 Å². The molecule has 84 valence electrons. The molecular weight excluding hydrogens is 196 g/mol. The van der Waals surface area contributed by atoms with Crippen molar-refractivity contribution in [1.29, 1.82) is 0 Å². The van der Waals surface area contributed by atoms with Crippen molar-refractivity contribution in [2.24, 2.45) is 0 Å². The molecule has 3 nitrogen and oxygen atoms in total. The van der Waals surface area contributed by atoms with Crippen LogP contribution in [0.5, 0.6) is 0 Å². The Balaban J connectivity index is 3.32. The predicted molar refractivity (Wildman–Crippen MR) is 60.0 cm³/mol. The molecule has 0 bridgehead atoms. The molecule has 0 saturated carbocycles. The molecular formula is C10H22O3Si. The van der Waals surface area contributed by atoms with Crippen LogP contribution in [-0.4, -0.2) is 32.4 Å². The smallest absolute Gasteiger partial charge is 0.305 e. The third-order valence-corrected chi connectivity index (χ3v) is 3.77. The Hall–Kier alpha value is -0.353. The fourth-order valence-corrected chi connectivity index (χ4v) is 2.47. The van der Waals surface area contributed by atoms with Crippen LogP contribution in [-0.2, 0) is 9.53 Å². The molecule has 1 N–H and O–H groups in total. The molecule has 0 spiro atoms. The van der Waals surface area contributed by atoms with Gasteiger partial charge in [0.1, 0.15) is 6.61 Å². The first-order valence-electron chi connectivity index (χ1n) is 5.22. The van der Waals surface area contributed by atoms with Crippen LogP contribution >= 0.6 is 0 Å². The van der Waals surface area contributed by atoms with Gasteiger partial charge in [-0.15, -0.1) is 0 Å². The minimum atomic E-state index is -0.947. The summed E-state index contributed by atoms with van der Waals surface area (Å²) < 4.78 is 4.75. The van der Waals surface area contributed by atoms with E-state index < -0.39 is 8.07 Å². The monoisotopic (exact) mass is 218 g/mol. The van der Waals surface area contributed by atoms with Crippen molar-refractivity contribution >= 4 is 14.0 Å². The van der Waals surface area contributed by atoms with E-state index in [1.165, 1.54) is 6.04 Å².